The molecule has 4 saturated carbocycles. The van der Waals surface area contributed by atoms with Gasteiger partial charge in [-0.25, -0.2) is 4.79 Å². The molecule has 4 aliphatic heterocycles. The molecule has 0 spiro atoms. The number of aliphatic hydroxyl groups excluding tert-OH is 13. The molecule has 8 fully saturated rings. The maximum atomic E-state index is 14.8. The number of hydrogen-bond acceptors (Lipinski definition) is 23. The molecule has 28 atom stereocenters. The van der Waals surface area contributed by atoms with Crippen LogP contribution in [0, 0.1) is 50.2 Å². The molecule has 0 aromatic carbocycles. The lowest BCUT2D eigenvalue weighted by molar-refractivity contribution is -0.396. The minimum atomic E-state index is -2.16. The van der Waals surface area contributed by atoms with Crippen molar-refractivity contribution in [2.45, 2.75) is 242 Å². The van der Waals surface area contributed by atoms with Gasteiger partial charge in [0, 0.05) is 0 Å². The van der Waals surface area contributed by atoms with E-state index in [1.165, 1.54) is 5.57 Å². The first kappa shape index (κ1) is 60.5. The molecule has 4 heterocycles. The molecule has 4 unspecified atom stereocenters. The van der Waals surface area contributed by atoms with Gasteiger partial charge in [-0.2, -0.15) is 0 Å². The van der Waals surface area contributed by atoms with Crippen molar-refractivity contribution in [3.63, 3.8) is 0 Å². The Labute approximate surface area is 453 Å². The fourth-order valence-corrected chi connectivity index (χ4v) is 16.5. The van der Waals surface area contributed by atoms with Crippen LogP contribution in [0.3, 0.4) is 0 Å². The quantitative estimate of drug-likeness (QED) is 0.0574. The van der Waals surface area contributed by atoms with Crippen LogP contribution in [-0.2, 0) is 47.5 Å². The maximum Gasteiger partial charge on any atom is 0.335 e. The summed E-state index contributed by atoms with van der Waals surface area (Å²) in [5, 5.41) is 149. The Morgan fingerprint density at radius 2 is 1.06 bits per heavy atom. The van der Waals surface area contributed by atoms with Gasteiger partial charge in [0.15, 0.2) is 25.0 Å². The van der Waals surface area contributed by atoms with Crippen LogP contribution in [0.15, 0.2) is 11.6 Å². The van der Waals surface area contributed by atoms with Crippen LogP contribution in [0.1, 0.15) is 113 Å². The summed E-state index contributed by atoms with van der Waals surface area (Å²) in [7, 11) is 0. The molecule has 24 heteroatoms. The summed E-state index contributed by atoms with van der Waals surface area (Å²) in [5.41, 5.74) is -1.57. The van der Waals surface area contributed by atoms with Gasteiger partial charge in [0.2, 0.25) is 6.29 Å². The molecule has 24 nitrogen and oxygen atoms in total. The number of rotatable bonds is 12. The summed E-state index contributed by atoms with van der Waals surface area (Å²) in [4.78, 5) is 27.7. The van der Waals surface area contributed by atoms with Crippen molar-refractivity contribution >= 4 is 11.9 Å². The lowest BCUT2D eigenvalue weighted by atomic mass is 9.33. The highest BCUT2D eigenvalue weighted by Gasteiger charge is 2.70. The van der Waals surface area contributed by atoms with Crippen molar-refractivity contribution in [1.82, 2.24) is 0 Å². The van der Waals surface area contributed by atoms with E-state index in [9.17, 15) is 81.1 Å². The first-order chi connectivity index (χ1) is 36.5. The van der Waals surface area contributed by atoms with Gasteiger partial charge in [0.05, 0.1) is 31.3 Å². The van der Waals surface area contributed by atoms with Crippen LogP contribution in [0.5, 0.6) is 0 Å². The third-order valence-corrected chi connectivity index (χ3v) is 21.4. The Morgan fingerprint density at radius 1 is 0.551 bits per heavy atom. The molecular formula is C54H86O24. The molecule has 9 rings (SSSR count). The number of aliphatic carboxylic acids is 1. The van der Waals surface area contributed by atoms with E-state index in [0.717, 1.165) is 19.3 Å². The van der Waals surface area contributed by atoms with Gasteiger partial charge in [-0.15, -0.1) is 0 Å². The average molecular weight is 1120 g/mol. The largest absolute Gasteiger partial charge is 0.479 e. The lowest BCUT2D eigenvalue weighted by Crippen LogP contribution is -2.68. The number of carboxylic acids is 1. The summed E-state index contributed by atoms with van der Waals surface area (Å²) >= 11 is 0. The first-order valence-corrected chi connectivity index (χ1v) is 27.8. The number of hydrogen-bond donors (Lipinski definition) is 14. The van der Waals surface area contributed by atoms with Crippen LogP contribution >= 0.6 is 0 Å². The van der Waals surface area contributed by atoms with Gasteiger partial charge in [0.25, 0.3) is 0 Å². The van der Waals surface area contributed by atoms with Crippen molar-refractivity contribution in [2.24, 2.45) is 50.2 Å². The summed E-state index contributed by atoms with van der Waals surface area (Å²) in [6.45, 7) is 13.2. The zero-order valence-electron chi connectivity index (χ0n) is 45.5. The smallest absolute Gasteiger partial charge is 0.335 e. The van der Waals surface area contributed by atoms with Gasteiger partial charge < -0.3 is 109 Å². The van der Waals surface area contributed by atoms with Gasteiger partial charge in [-0.05, 0) is 109 Å². The van der Waals surface area contributed by atoms with Crippen LogP contribution in [-0.4, -0.2) is 232 Å². The molecule has 9 aliphatic rings. The van der Waals surface area contributed by atoms with E-state index < -0.39 is 172 Å². The highest BCUT2D eigenvalue weighted by molar-refractivity contribution is 5.79. The normalized spacial score (nSPS) is 52.8. The number of ether oxygens (including phenoxy) is 8. The standard InChI is InChI=1S/C54H86O24/c1-49(2)14-16-54(48(70)78-46-38(66)35(63)32(60)26(21-57)73-46)17-15-52(6)22(23(54)18-49)8-9-28-51(5)12-11-29(50(3,4)27(51)10-13-53(28,52)7)74-47-42(77-45-37(65)34(62)31(59)25(20-56)72-45)40(39(67)41(76-47)43(68)69)75-44-36(64)33(61)30(58)24(19-55)71-44/h8,23-42,44-47,55-67H,9-21H2,1-7H3,(H,68,69)/t23?,24-,25-,26-,27?,28?,29+,30-,31+,32-,33+,34+,35+,36-,37-,38-,39+,40+,41+,42-,44+,45+,46+,47-,51+,52-,53-,54?/m1/s1. The summed E-state index contributed by atoms with van der Waals surface area (Å²) in [6.07, 6.45) is -28.0. The van der Waals surface area contributed by atoms with Crippen molar-refractivity contribution in [1.29, 1.82) is 0 Å². The molecule has 14 N–H and O–H groups in total. The Morgan fingerprint density at radius 3 is 1.60 bits per heavy atom. The zero-order chi connectivity index (χ0) is 57.1. The van der Waals surface area contributed by atoms with E-state index >= 15 is 0 Å². The van der Waals surface area contributed by atoms with E-state index in [4.69, 9.17) is 37.9 Å². The number of fused-ring (bicyclic) bond motifs is 7. The van der Waals surface area contributed by atoms with Crippen LogP contribution < -0.4 is 0 Å². The molecule has 0 radical (unpaired) electrons. The van der Waals surface area contributed by atoms with E-state index in [1.807, 2.05) is 0 Å². The number of carbonyl (C=O) groups is 2. The summed E-state index contributed by atoms with van der Waals surface area (Å²) in [5.74, 6) is -2.33. The van der Waals surface area contributed by atoms with E-state index in [-0.39, 0.29) is 39.4 Å². The van der Waals surface area contributed by atoms with Crippen molar-refractivity contribution in [3.8, 4) is 0 Å². The van der Waals surface area contributed by atoms with Crippen LogP contribution in [0.2, 0.25) is 0 Å². The second kappa shape index (κ2) is 21.8. The van der Waals surface area contributed by atoms with Gasteiger partial charge in [-0.1, -0.05) is 60.1 Å². The van der Waals surface area contributed by atoms with Crippen LogP contribution in [0.4, 0.5) is 0 Å². The van der Waals surface area contributed by atoms with E-state index in [2.05, 4.69) is 54.5 Å². The maximum absolute atomic E-state index is 14.8. The number of aliphatic hydroxyl groups is 13. The molecule has 0 aromatic heterocycles. The first-order valence-electron chi connectivity index (χ1n) is 27.8. The minimum Gasteiger partial charge on any atom is -0.479 e. The van der Waals surface area contributed by atoms with Crippen molar-refractivity contribution in [3.05, 3.63) is 11.6 Å². The predicted molar refractivity (Wildman–Crippen MR) is 263 cm³/mol. The van der Waals surface area contributed by atoms with Crippen molar-refractivity contribution < 1.29 is 119 Å². The fraction of sp³-hybridized carbons (Fsp3) is 0.926. The Kier molecular flexibility index (Phi) is 16.9. The summed E-state index contributed by atoms with van der Waals surface area (Å²) in [6, 6.07) is 0. The molecule has 4 saturated heterocycles. The SMILES string of the molecule is CC1(C)CCC2(C(=O)O[C@@H]3O[C@H](CO)[C@@H](O)[C@H](O)[C@H]3O)CC[C@]3(C)C(=CCC4[C@@]5(C)CC[C@H](O[C@@H]6O[C@H](C(=O)O)[C@@H](O)[C@H](O[C@@H]7O[C@H](CO)[C@@H](O)[C@H](O)[C@H]7O)[C@H]6O[C@@H]6O[C@H](CO)[C@H](O)[C@H](O)[C@H]6O)C(C)(C)C5CC[C@]43C)C2C1. The molecule has 5 aliphatic carbocycles. The Balaban J connectivity index is 1.00. The molecule has 0 amide bonds. The molecule has 0 aromatic rings. The highest BCUT2D eigenvalue weighted by Crippen LogP contribution is 2.76. The molecule has 0 bridgehead atoms. The third kappa shape index (κ3) is 9.72. The molecule has 446 valence electrons. The molecular weight excluding hydrogens is 1030 g/mol. The van der Waals surface area contributed by atoms with E-state index in [1.54, 1.807) is 0 Å². The van der Waals surface area contributed by atoms with Gasteiger partial charge >= 0.3 is 11.9 Å². The Bertz CT molecular complexity index is 2190. The summed E-state index contributed by atoms with van der Waals surface area (Å²) < 4.78 is 48.2. The van der Waals surface area contributed by atoms with Gasteiger partial charge in [0.1, 0.15) is 91.6 Å². The second-order valence-corrected chi connectivity index (χ2v) is 26.3. The van der Waals surface area contributed by atoms with Crippen molar-refractivity contribution in [2.75, 3.05) is 19.8 Å². The predicted octanol–water partition coefficient (Wildman–Crippen LogP) is -1.94. The second-order valence-electron chi connectivity index (χ2n) is 26.3. The van der Waals surface area contributed by atoms with E-state index in [0.29, 0.717) is 44.9 Å². The average Bonchev–Trinajstić information content (AvgIpc) is 3.56. The third-order valence-electron chi connectivity index (χ3n) is 21.4. The highest BCUT2D eigenvalue weighted by atomic mass is 16.8. The van der Waals surface area contributed by atoms with Gasteiger partial charge in [-0.3, -0.25) is 4.79 Å². The number of esters is 1. The number of carboxylic acid groups (broad SMARTS) is 1. The minimum absolute atomic E-state index is 0.0272. The zero-order valence-corrected chi connectivity index (χ0v) is 45.5. The fourth-order valence-electron chi connectivity index (χ4n) is 16.5. The molecule has 78 heavy (non-hydrogen) atoms. The van der Waals surface area contributed by atoms with Crippen LogP contribution in [0.25, 0.3) is 0 Å². The number of allylic oxidation sites excluding steroid dienone is 2. The monoisotopic (exact) mass is 1120 g/mol. The topological polar surface area (TPSA) is 391 Å². The number of carbonyl (C=O) groups excluding carboxylic acids is 1. The Hall–Kier alpha value is -2.12. The lowest BCUT2D eigenvalue weighted by Gasteiger charge is -2.71.